The van der Waals surface area contributed by atoms with Crippen LogP contribution in [0.1, 0.15) is 46.7 Å². The molecule has 1 heterocycles. The van der Waals surface area contributed by atoms with Gasteiger partial charge in [-0.1, -0.05) is 6.92 Å². The van der Waals surface area contributed by atoms with E-state index in [-0.39, 0.29) is 11.4 Å². The highest BCUT2D eigenvalue weighted by Gasteiger charge is 2.13. The fourth-order valence-electron chi connectivity index (χ4n) is 2.66. The van der Waals surface area contributed by atoms with Gasteiger partial charge in [0.25, 0.3) is 5.91 Å². The van der Waals surface area contributed by atoms with Crippen LogP contribution in [0.5, 0.6) is 17.2 Å². The van der Waals surface area contributed by atoms with Gasteiger partial charge in [0, 0.05) is 12.4 Å². The Bertz CT molecular complexity index is 1100. The van der Waals surface area contributed by atoms with E-state index in [4.69, 9.17) is 14.2 Å². The molecular weight excluding hydrogens is 424 g/mol. The number of esters is 1. The van der Waals surface area contributed by atoms with Crippen molar-refractivity contribution in [1.82, 2.24) is 15.4 Å². The molecule has 1 amide bonds. The van der Waals surface area contributed by atoms with Crippen LogP contribution in [0.15, 0.2) is 66.2 Å². The first kappa shape index (κ1) is 23.4. The molecule has 170 valence electrons. The molecule has 3 aromatic rings. The highest BCUT2D eigenvalue weighted by Crippen LogP contribution is 2.29. The molecule has 0 saturated carbocycles. The summed E-state index contributed by atoms with van der Waals surface area (Å²) < 4.78 is 16.7. The zero-order valence-corrected chi connectivity index (χ0v) is 18.4. The number of amides is 1. The summed E-state index contributed by atoms with van der Waals surface area (Å²) in [6.45, 7) is 4.83. The van der Waals surface area contributed by atoms with Crippen molar-refractivity contribution in [3.63, 3.8) is 0 Å². The van der Waals surface area contributed by atoms with Crippen molar-refractivity contribution in [3.8, 4) is 17.2 Å². The number of ether oxygens (including phenoxy) is 3. The minimum Gasteiger partial charge on any atom is -0.494 e. The van der Waals surface area contributed by atoms with Gasteiger partial charge in [-0.05, 0) is 61.4 Å². The number of hydrazone groups is 1. The molecular formula is C24H24N4O5. The zero-order chi connectivity index (χ0) is 23.5. The van der Waals surface area contributed by atoms with Crippen LogP contribution in [0.4, 0.5) is 0 Å². The maximum Gasteiger partial charge on any atom is 0.343 e. The van der Waals surface area contributed by atoms with Crippen molar-refractivity contribution >= 4 is 18.1 Å². The van der Waals surface area contributed by atoms with Gasteiger partial charge in [0.1, 0.15) is 11.4 Å². The third-order valence-corrected chi connectivity index (χ3v) is 4.21. The van der Waals surface area contributed by atoms with Gasteiger partial charge >= 0.3 is 5.97 Å². The van der Waals surface area contributed by atoms with Crippen molar-refractivity contribution in [2.75, 3.05) is 13.2 Å². The Labute approximate surface area is 191 Å². The average molecular weight is 448 g/mol. The first-order valence-corrected chi connectivity index (χ1v) is 10.4. The van der Waals surface area contributed by atoms with E-state index < -0.39 is 11.9 Å². The van der Waals surface area contributed by atoms with E-state index in [0.29, 0.717) is 35.8 Å². The van der Waals surface area contributed by atoms with Crippen LogP contribution in [0.3, 0.4) is 0 Å². The maximum atomic E-state index is 12.6. The van der Waals surface area contributed by atoms with Gasteiger partial charge in [0.05, 0.1) is 31.2 Å². The highest BCUT2D eigenvalue weighted by atomic mass is 16.6. The molecule has 9 heteroatoms. The second-order valence-electron chi connectivity index (χ2n) is 6.69. The summed E-state index contributed by atoms with van der Waals surface area (Å²) in [5, 5.41) is 3.92. The summed E-state index contributed by atoms with van der Waals surface area (Å²) in [4.78, 5) is 32.3. The van der Waals surface area contributed by atoms with Crippen LogP contribution in [-0.2, 0) is 0 Å². The van der Waals surface area contributed by atoms with E-state index in [9.17, 15) is 9.59 Å². The molecule has 0 aliphatic rings. The number of benzene rings is 2. The van der Waals surface area contributed by atoms with Crippen molar-refractivity contribution in [2.24, 2.45) is 5.10 Å². The van der Waals surface area contributed by atoms with E-state index in [1.807, 2.05) is 13.8 Å². The van der Waals surface area contributed by atoms with E-state index in [1.165, 1.54) is 24.8 Å². The first-order valence-electron chi connectivity index (χ1n) is 10.4. The lowest BCUT2D eigenvalue weighted by Gasteiger charge is -2.11. The molecule has 33 heavy (non-hydrogen) atoms. The number of rotatable bonds is 10. The fraction of sp³-hybridized carbons (Fsp3) is 0.208. The first-order chi connectivity index (χ1) is 16.1. The summed E-state index contributed by atoms with van der Waals surface area (Å²) in [6, 6.07) is 11.7. The Morgan fingerprint density at radius 2 is 1.85 bits per heavy atom. The molecule has 0 radical (unpaired) electrons. The van der Waals surface area contributed by atoms with Gasteiger partial charge < -0.3 is 14.2 Å². The molecule has 9 nitrogen and oxygen atoms in total. The zero-order valence-electron chi connectivity index (χ0n) is 18.4. The standard InChI is InChI=1S/C24H24N4O5/c1-3-13-32-19-8-6-18(7-9-19)24(30)33-21-10-5-17(14-22(21)31-4-2)15-27-28-23(29)20-16-25-11-12-26-20/h5-12,14-16H,3-4,13H2,1-2H3,(H,28,29)/b27-15+. The fourth-order valence-corrected chi connectivity index (χ4v) is 2.66. The minimum absolute atomic E-state index is 0.150. The number of carbonyl (C=O) groups is 2. The smallest absolute Gasteiger partial charge is 0.343 e. The van der Waals surface area contributed by atoms with Gasteiger partial charge in [-0.15, -0.1) is 0 Å². The molecule has 0 aliphatic heterocycles. The predicted octanol–water partition coefficient (Wildman–Crippen LogP) is 3.65. The number of carbonyl (C=O) groups excluding carboxylic acids is 2. The number of hydrogen-bond donors (Lipinski definition) is 1. The van der Waals surface area contributed by atoms with Crippen molar-refractivity contribution in [3.05, 3.63) is 77.9 Å². The van der Waals surface area contributed by atoms with Gasteiger partial charge in [0.2, 0.25) is 0 Å². The summed E-state index contributed by atoms with van der Waals surface area (Å²) in [6.07, 6.45) is 6.57. The largest absolute Gasteiger partial charge is 0.494 e. The van der Waals surface area contributed by atoms with Crippen LogP contribution in [0.25, 0.3) is 0 Å². The molecule has 2 aromatic carbocycles. The van der Waals surface area contributed by atoms with E-state index in [0.717, 1.165) is 6.42 Å². The van der Waals surface area contributed by atoms with Crippen LogP contribution >= 0.6 is 0 Å². The number of nitrogens with one attached hydrogen (secondary N) is 1. The maximum absolute atomic E-state index is 12.6. The van der Waals surface area contributed by atoms with Crippen LogP contribution in [0, 0.1) is 0 Å². The Morgan fingerprint density at radius 1 is 1.03 bits per heavy atom. The molecule has 0 saturated heterocycles. The number of nitrogens with zero attached hydrogens (tertiary/aromatic N) is 3. The lowest BCUT2D eigenvalue weighted by atomic mass is 10.2. The van der Waals surface area contributed by atoms with Crippen LogP contribution in [-0.4, -0.2) is 41.3 Å². The predicted molar refractivity (Wildman–Crippen MR) is 122 cm³/mol. The number of hydrogen-bond acceptors (Lipinski definition) is 8. The topological polar surface area (TPSA) is 112 Å². The van der Waals surface area contributed by atoms with Crippen molar-refractivity contribution in [1.29, 1.82) is 0 Å². The Kier molecular flexibility index (Phi) is 8.47. The lowest BCUT2D eigenvalue weighted by molar-refractivity contribution is 0.0728. The lowest BCUT2D eigenvalue weighted by Crippen LogP contribution is -2.19. The Balaban J connectivity index is 1.66. The third kappa shape index (κ3) is 6.86. The van der Waals surface area contributed by atoms with E-state index in [1.54, 1.807) is 42.5 Å². The molecule has 0 unspecified atom stereocenters. The van der Waals surface area contributed by atoms with Gasteiger partial charge in [-0.3, -0.25) is 9.78 Å². The molecule has 0 bridgehead atoms. The molecule has 0 spiro atoms. The number of aromatic nitrogens is 2. The molecule has 1 aromatic heterocycles. The van der Waals surface area contributed by atoms with Crippen LogP contribution < -0.4 is 19.6 Å². The third-order valence-electron chi connectivity index (χ3n) is 4.21. The summed E-state index contributed by atoms with van der Waals surface area (Å²) in [5.41, 5.74) is 3.55. The Hall–Kier alpha value is -4.27. The summed E-state index contributed by atoms with van der Waals surface area (Å²) in [7, 11) is 0. The van der Waals surface area contributed by atoms with Gasteiger partial charge in [-0.25, -0.2) is 15.2 Å². The molecule has 0 aliphatic carbocycles. The highest BCUT2D eigenvalue weighted by molar-refractivity contribution is 5.93. The quantitative estimate of drug-likeness (QED) is 0.218. The molecule has 0 atom stereocenters. The normalized spacial score (nSPS) is 10.6. The van der Waals surface area contributed by atoms with Gasteiger partial charge in [-0.2, -0.15) is 5.10 Å². The van der Waals surface area contributed by atoms with Crippen molar-refractivity contribution in [2.45, 2.75) is 20.3 Å². The second kappa shape index (κ2) is 11.9. The second-order valence-corrected chi connectivity index (χ2v) is 6.69. The monoisotopic (exact) mass is 448 g/mol. The molecule has 0 fully saturated rings. The molecule has 1 N–H and O–H groups in total. The van der Waals surface area contributed by atoms with Gasteiger partial charge in [0.15, 0.2) is 11.5 Å². The van der Waals surface area contributed by atoms with Crippen LogP contribution in [0.2, 0.25) is 0 Å². The SMILES string of the molecule is CCCOc1ccc(C(=O)Oc2ccc(/C=N/NC(=O)c3cnccn3)cc2OCC)cc1. The molecule has 3 rings (SSSR count). The van der Waals surface area contributed by atoms with E-state index >= 15 is 0 Å². The summed E-state index contributed by atoms with van der Waals surface area (Å²) in [5.74, 6) is 0.335. The van der Waals surface area contributed by atoms with Crippen molar-refractivity contribution < 1.29 is 23.8 Å². The average Bonchev–Trinajstić information content (AvgIpc) is 2.85. The minimum atomic E-state index is -0.518. The van der Waals surface area contributed by atoms with E-state index in [2.05, 4.69) is 20.5 Å². The summed E-state index contributed by atoms with van der Waals surface area (Å²) >= 11 is 0. The Morgan fingerprint density at radius 3 is 2.55 bits per heavy atom.